The van der Waals surface area contributed by atoms with E-state index in [0.29, 0.717) is 5.92 Å². The molecule has 86 valence electrons. The lowest BCUT2D eigenvalue weighted by Crippen LogP contribution is -2.27. The number of hydrogen-bond donors (Lipinski definition) is 1. The Morgan fingerprint density at radius 1 is 1.50 bits per heavy atom. The van der Waals surface area contributed by atoms with Crippen molar-refractivity contribution in [3.63, 3.8) is 0 Å². The maximum atomic E-state index is 12.1. The minimum absolute atomic E-state index is 0.196. The van der Waals surface area contributed by atoms with E-state index in [4.69, 9.17) is 0 Å². The predicted molar refractivity (Wildman–Crippen MR) is 64.4 cm³/mol. The van der Waals surface area contributed by atoms with Gasteiger partial charge in [0.25, 0.3) is 0 Å². The molecule has 2 aliphatic carbocycles. The Hall–Kier alpha value is -0.900. The Kier molecular flexibility index (Phi) is 2.46. The summed E-state index contributed by atoms with van der Waals surface area (Å²) >= 11 is 1.55. The number of thiazole rings is 1. The molecule has 0 radical (unpaired) electrons. The number of nitrogens with zero attached hydrogens (tertiary/aromatic N) is 1. The normalized spacial score (nSPS) is 31.9. The van der Waals surface area contributed by atoms with Gasteiger partial charge in [-0.2, -0.15) is 0 Å². The molecule has 3 nitrogen and oxygen atoms in total. The van der Waals surface area contributed by atoms with E-state index in [1.165, 1.54) is 19.3 Å². The molecule has 2 saturated carbocycles. The predicted octanol–water partition coefficient (Wildman–Crippen LogP) is 2.83. The molecule has 1 amide bonds. The molecule has 1 aromatic heterocycles. The first-order valence-corrected chi connectivity index (χ1v) is 6.77. The lowest BCUT2D eigenvalue weighted by atomic mass is 9.88. The Balaban J connectivity index is 1.65. The molecule has 4 heteroatoms. The minimum Gasteiger partial charge on any atom is -0.302 e. The van der Waals surface area contributed by atoms with Crippen molar-refractivity contribution < 1.29 is 4.79 Å². The van der Waals surface area contributed by atoms with Gasteiger partial charge in [-0.3, -0.25) is 4.79 Å². The molecule has 1 aromatic rings. The molecule has 2 bridgehead atoms. The zero-order valence-electron chi connectivity index (χ0n) is 9.40. The molecule has 0 spiro atoms. The molecular weight excluding hydrogens is 220 g/mol. The fourth-order valence-corrected chi connectivity index (χ4v) is 3.84. The minimum atomic E-state index is 0.196. The van der Waals surface area contributed by atoms with Crippen molar-refractivity contribution in [2.45, 2.75) is 32.6 Å². The van der Waals surface area contributed by atoms with Gasteiger partial charge < -0.3 is 5.32 Å². The third-order valence-corrected chi connectivity index (χ3v) is 4.75. The van der Waals surface area contributed by atoms with Gasteiger partial charge in [-0.1, -0.05) is 6.42 Å². The van der Waals surface area contributed by atoms with E-state index in [2.05, 4.69) is 10.3 Å². The summed E-state index contributed by atoms with van der Waals surface area (Å²) in [6, 6.07) is 0. The van der Waals surface area contributed by atoms with Crippen LogP contribution in [-0.4, -0.2) is 10.9 Å². The monoisotopic (exact) mass is 236 g/mol. The van der Waals surface area contributed by atoms with Crippen molar-refractivity contribution in [1.82, 2.24) is 4.98 Å². The van der Waals surface area contributed by atoms with Crippen molar-refractivity contribution in [3.05, 3.63) is 11.1 Å². The highest BCUT2D eigenvalue weighted by Gasteiger charge is 2.43. The van der Waals surface area contributed by atoms with Crippen molar-refractivity contribution >= 4 is 22.4 Å². The number of aryl methyl sites for hydroxylation is 1. The van der Waals surface area contributed by atoms with Crippen molar-refractivity contribution in [2.24, 2.45) is 17.8 Å². The molecule has 2 aliphatic rings. The molecular formula is C12H16N2OS. The average Bonchev–Trinajstić information content (AvgIpc) is 2.93. The average molecular weight is 236 g/mol. The fraction of sp³-hybridized carbons (Fsp3) is 0.667. The number of aromatic nitrogens is 1. The molecule has 0 saturated heterocycles. The van der Waals surface area contributed by atoms with Gasteiger partial charge in [0.05, 0.1) is 0 Å². The highest BCUT2D eigenvalue weighted by Crippen LogP contribution is 2.48. The summed E-state index contributed by atoms with van der Waals surface area (Å²) < 4.78 is 0. The second-order valence-corrected chi connectivity index (χ2v) is 6.28. The van der Waals surface area contributed by atoms with Crippen LogP contribution in [0.15, 0.2) is 6.20 Å². The van der Waals surface area contributed by atoms with Crippen LogP contribution in [0.3, 0.4) is 0 Å². The summed E-state index contributed by atoms with van der Waals surface area (Å²) in [4.78, 5) is 17.4. The molecule has 0 unspecified atom stereocenters. The molecule has 1 heterocycles. The van der Waals surface area contributed by atoms with Crippen LogP contribution in [0, 0.1) is 24.7 Å². The molecule has 0 aromatic carbocycles. The second-order valence-electron chi connectivity index (χ2n) is 5.05. The van der Waals surface area contributed by atoms with Crippen LogP contribution in [-0.2, 0) is 4.79 Å². The van der Waals surface area contributed by atoms with Gasteiger partial charge >= 0.3 is 0 Å². The number of rotatable bonds is 2. The standard InChI is InChI=1S/C12H16N2OS/c1-7-6-13-12(16-7)14-11(15)10-5-8-2-3-9(10)4-8/h6,8-10H,2-5H2,1H3,(H,13,14,15)/t8-,9+,10-/m0/s1. The van der Waals surface area contributed by atoms with Gasteiger partial charge in [0.2, 0.25) is 5.91 Å². The summed E-state index contributed by atoms with van der Waals surface area (Å²) in [6.45, 7) is 2.00. The maximum Gasteiger partial charge on any atom is 0.229 e. The summed E-state index contributed by atoms with van der Waals surface area (Å²) in [7, 11) is 0. The van der Waals surface area contributed by atoms with Crippen molar-refractivity contribution in [2.75, 3.05) is 5.32 Å². The van der Waals surface area contributed by atoms with Gasteiger partial charge in [-0.25, -0.2) is 4.98 Å². The van der Waals surface area contributed by atoms with Crippen LogP contribution in [0.25, 0.3) is 0 Å². The summed E-state index contributed by atoms with van der Waals surface area (Å²) in [5.41, 5.74) is 0. The van der Waals surface area contributed by atoms with Gasteiger partial charge in [-0.05, 0) is 38.0 Å². The van der Waals surface area contributed by atoms with Crippen molar-refractivity contribution in [3.8, 4) is 0 Å². The highest BCUT2D eigenvalue weighted by molar-refractivity contribution is 7.15. The van der Waals surface area contributed by atoms with Crippen LogP contribution < -0.4 is 5.32 Å². The largest absolute Gasteiger partial charge is 0.302 e. The van der Waals surface area contributed by atoms with Gasteiger partial charge in [0.1, 0.15) is 0 Å². The number of fused-ring (bicyclic) bond motifs is 2. The Morgan fingerprint density at radius 3 is 2.94 bits per heavy atom. The Morgan fingerprint density at radius 2 is 2.38 bits per heavy atom. The smallest absolute Gasteiger partial charge is 0.229 e. The number of carbonyl (C=O) groups is 1. The topological polar surface area (TPSA) is 42.0 Å². The quantitative estimate of drug-likeness (QED) is 0.858. The zero-order chi connectivity index (χ0) is 11.1. The molecule has 0 aliphatic heterocycles. The zero-order valence-corrected chi connectivity index (χ0v) is 10.2. The number of carbonyl (C=O) groups excluding carboxylic acids is 1. The number of hydrogen-bond acceptors (Lipinski definition) is 3. The van der Waals surface area contributed by atoms with Gasteiger partial charge in [0.15, 0.2) is 5.13 Å². The molecule has 3 rings (SSSR count). The highest BCUT2D eigenvalue weighted by atomic mass is 32.1. The van der Waals surface area contributed by atoms with Gasteiger partial charge in [-0.15, -0.1) is 11.3 Å². The van der Waals surface area contributed by atoms with E-state index < -0.39 is 0 Å². The lowest BCUT2D eigenvalue weighted by Gasteiger charge is -2.19. The number of nitrogens with one attached hydrogen (secondary N) is 1. The first-order chi connectivity index (χ1) is 7.72. The lowest BCUT2D eigenvalue weighted by molar-refractivity contribution is -0.121. The summed E-state index contributed by atoms with van der Waals surface area (Å²) in [6.07, 6.45) is 6.77. The number of anilines is 1. The van der Waals surface area contributed by atoms with E-state index in [0.717, 1.165) is 22.3 Å². The Labute approximate surface area is 99.3 Å². The van der Waals surface area contributed by atoms with E-state index in [1.54, 1.807) is 17.5 Å². The molecule has 2 fully saturated rings. The van der Waals surface area contributed by atoms with E-state index in [-0.39, 0.29) is 11.8 Å². The Bertz CT molecular complexity index is 415. The van der Waals surface area contributed by atoms with Crippen LogP contribution in [0.4, 0.5) is 5.13 Å². The van der Waals surface area contributed by atoms with Crippen LogP contribution in [0.2, 0.25) is 0 Å². The summed E-state index contributed by atoms with van der Waals surface area (Å²) in [5, 5.41) is 3.71. The molecule has 1 N–H and O–H groups in total. The fourth-order valence-electron chi connectivity index (χ4n) is 3.18. The van der Waals surface area contributed by atoms with Crippen molar-refractivity contribution in [1.29, 1.82) is 0 Å². The maximum absolute atomic E-state index is 12.1. The first-order valence-electron chi connectivity index (χ1n) is 5.95. The van der Waals surface area contributed by atoms with Crippen LogP contribution in [0.5, 0.6) is 0 Å². The number of amides is 1. The first kappa shape index (κ1) is 10.3. The van der Waals surface area contributed by atoms with Crippen LogP contribution in [0.1, 0.15) is 30.6 Å². The SMILES string of the molecule is Cc1cnc(NC(=O)[C@H]2C[C@H]3CC[C@@H]2C3)s1. The van der Waals surface area contributed by atoms with E-state index in [1.807, 2.05) is 6.92 Å². The van der Waals surface area contributed by atoms with Crippen LogP contribution >= 0.6 is 11.3 Å². The second kappa shape index (κ2) is 3.84. The summed E-state index contributed by atoms with van der Waals surface area (Å²) in [5.74, 6) is 1.91. The van der Waals surface area contributed by atoms with E-state index >= 15 is 0 Å². The van der Waals surface area contributed by atoms with E-state index in [9.17, 15) is 4.79 Å². The third-order valence-electron chi connectivity index (χ3n) is 3.93. The molecule has 16 heavy (non-hydrogen) atoms. The third kappa shape index (κ3) is 1.75. The van der Waals surface area contributed by atoms with Gasteiger partial charge in [0, 0.05) is 17.0 Å². The molecule has 3 atom stereocenters.